The van der Waals surface area contributed by atoms with Crippen LogP contribution in [-0.2, 0) is 0 Å². The van der Waals surface area contributed by atoms with E-state index >= 15 is 0 Å². The summed E-state index contributed by atoms with van der Waals surface area (Å²) in [5.74, 6) is 0. The minimum atomic E-state index is -0.718. The molecule has 0 fully saturated rings. The minimum absolute atomic E-state index is 0.291. The maximum Gasteiger partial charge on any atom is 0.0803 e. The van der Waals surface area contributed by atoms with E-state index in [1.807, 2.05) is 31.2 Å². The quantitative estimate of drug-likeness (QED) is 0.596. The van der Waals surface area contributed by atoms with Crippen molar-refractivity contribution in [1.82, 2.24) is 0 Å². The van der Waals surface area contributed by atoms with E-state index in [-0.39, 0.29) is 16.1 Å². The highest BCUT2D eigenvalue weighted by Gasteiger charge is 2.48. The second-order valence-electron chi connectivity index (χ2n) is 3.95. The molecule has 0 amide bonds. The third-order valence-corrected chi connectivity index (χ3v) is 5.54. The number of fused-ring (bicyclic) bond motifs is 1. The largest absolute Gasteiger partial charge is 0.119 e. The van der Waals surface area contributed by atoms with E-state index in [4.69, 9.17) is 46.4 Å². The van der Waals surface area contributed by atoms with Crippen LogP contribution in [0.1, 0.15) is 28.8 Å². The monoisotopic (exact) mass is 282 g/mol. The van der Waals surface area contributed by atoms with Gasteiger partial charge in [0.1, 0.15) is 0 Å². The first-order valence-corrected chi connectivity index (χ1v) is 6.35. The van der Waals surface area contributed by atoms with Crippen LogP contribution in [0.3, 0.4) is 0 Å². The average Bonchev–Trinajstić information content (AvgIpc) is 2.24. The number of rotatable bonds is 0. The third kappa shape index (κ3) is 1.76. The molecule has 0 N–H and O–H groups in total. The lowest BCUT2D eigenvalue weighted by Gasteiger charge is -2.40. The van der Waals surface area contributed by atoms with E-state index in [1.54, 1.807) is 0 Å². The molecular weight excluding hydrogens is 274 g/mol. The van der Waals surface area contributed by atoms with Crippen molar-refractivity contribution in [2.45, 2.75) is 27.9 Å². The van der Waals surface area contributed by atoms with Crippen molar-refractivity contribution < 1.29 is 0 Å². The van der Waals surface area contributed by atoms with Crippen LogP contribution in [0, 0.1) is 0 Å². The molecule has 0 aromatic heterocycles. The fraction of sp³-hybridized carbons (Fsp3) is 0.455. The van der Waals surface area contributed by atoms with Gasteiger partial charge in [0, 0.05) is 0 Å². The van der Waals surface area contributed by atoms with Gasteiger partial charge >= 0.3 is 0 Å². The Balaban J connectivity index is 2.57. The van der Waals surface area contributed by atoms with Crippen LogP contribution < -0.4 is 0 Å². The number of hydrogen-bond donors (Lipinski definition) is 0. The van der Waals surface area contributed by atoms with Crippen LogP contribution >= 0.6 is 46.4 Å². The van der Waals surface area contributed by atoms with Gasteiger partial charge in [0.15, 0.2) is 0 Å². The molecule has 1 aliphatic rings. The fourth-order valence-electron chi connectivity index (χ4n) is 1.88. The molecule has 15 heavy (non-hydrogen) atoms. The van der Waals surface area contributed by atoms with Crippen LogP contribution in [0.15, 0.2) is 24.3 Å². The third-order valence-electron chi connectivity index (χ3n) is 2.86. The van der Waals surface area contributed by atoms with Crippen molar-refractivity contribution in [2.24, 2.45) is 0 Å². The molecular formula is C11H10Cl4. The molecule has 0 saturated carbocycles. The normalized spacial score (nSPS) is 39.9. The van der Waals surface area contributed by atoms with Crippen molar-refractivity contribution in [3.8, 4) is 0 Å². The zero-order chi connectivity index (χ0) is 11.2. The van der Waals surface area contributed by atoms with Crippen LogP contribution in [0.25, 0.3) is 0 Å². The summed E-state index contributed by atoms with van der Waals surface area (Å²) < 4.78 is 0. The Morgan fingerprint density at radius 3 is 2.20 bits per heavy atom. The number of benzene rings is 1. The van der Waals surface area contributed by atoms with Crippen LogP contribution in [-0.4, -0.2) is 10.3 Å². The zero-order valence-corrected chi connectivity index (χ0v) is 11.1. The zero-order valence-electron chi connectivity index (χ0n) is 8.05. The van der Waals surface area contributed by atoms with Crippen molar-refractivity contribution in [3.05, 3.63) is 35.4 Å². The lowest BCUT2D eigenvalue weighted by atomic mass is 9.83. The Morgan fingerprint density at radius 1 is 1.07 bits per heavy atom. The Kier molecular flexibility index (Phi) is 3.16. The second kappa shape index (κ2) is 4.00. The molecule has 1 aliphatic carbocycles. The maximum absolute atomic E-state index is 6.35. The fourth-order valence-corrected chi connectivity index (χ4v) is 3.31. The predicted molar refractivity (Wildman–Crippen MR) is 67.5 cm³/mol. The number of hydrogen-bond acceptors (Lipinski definition) is 0. The molecule has 0 aliphatic heterocycles. The molecule has 2 rings (SSSR count). The molecule has 82 valence electrons. The Bertz CT molecular complexity index is 375. The van der Waals surface area contributed by atoms with Gasteiger partial charge in [-0.1, -0.05) is 24.3 Å². The second-order valence-corrected chi connectivity index (χ2v) is 6.14. The summed E-state index contributed by atoms with van der Waals surface area (Å²) in [5.41, 5.74) is 1.96. The molecule has 4 heteroatoms. The maximum atomic E-state index is 6.35. The van der Waals surface area contributed by atoms with Crippen molar-refractivity contribution in [1.29, 1.82) is 0 Å². The molecule has 0 saturated heterocycles. The predicted octanol–water partition coefficient (Wildman–Crippen LogP) is 4.86. The molecule has 0 heterocycles. The highest BCUT2D eigenvalue weighted by molar-refractivity contribution is 6.40. The topological polar surface area (TPSA) is 0 Å². The summed E-state index contributed by atoms with van der Waals surface area (Å²) >= 11 is 25.2. The first kappa shape index (κ1) is 11.9. The average molecular weight is 284 g/mol. The first-order valence-electron chi connectivity index (χ1n) is 4.66. The molecule has 1 aromatic carbocycles. The molecule has 0 spiro atoms. The molecule has 4 atom stereocenters. The highest BCUT2D eigenvalue weighted by atomic mass is 35.5. The summed E-state index contributed by atoms with van der Waals surface area (Å²) in [6.07, 6.45) is 0. The smallest absolute Gasteiger partial charge is 0.0803 e. The number of halogens is 4. The van der Waals surface area contributed by atoms with Gasteiger partial charge in [-0.2, -0.15) is 0 Å². The summed E-state index contributed by atoms with van der Waals surface area (Å²) in [4.78, 5) is -0.718. The lowest BCUT2D eigenvalue weighted by molar-refractivity contribution is 0.522. The molecule has 1 aromatic rings. The van der Waals surface area contributed by atoms with Crippen molar-refractivity contribution in [3.63, 3.8) is 0 Å². The van der Waals surface area contributed by atoms with Crippen LogP contribution in [0.5, 0.6) is 0 Å². The summed E-state index contributed by atoms with van der Waals surface area (Å²) in [7, 11) is 0. The SMILES string of the molecule is C[C@@]1(Cl)[C@H](Cl)c2ccccc2[C@H](Cl)[C@H]1Cl. The van der Waals surface area contributed by atoms with Gasteiger partial charge in [-0.15, -0.1) is 46.4 Å². The van der Waals surface area contributed by atoms with Gasteiger partial charge in [0.05, 0.1) is 21.0 Å². The Hall–Kier alpha value is 0.380. The highest BCUT2D eigenvalue weighted by Crippen LogP contribution is 2.53. The van der Waals surface area contributed by atoms with Gasteiger partial charge in [0.2, 0.25) is 0 Å². The summed E-state index contributed by atoms with van der Waals surface area (Å²) in [5, 5.41) is -0.980. The van der Waals surface area contributed by atoms with E-state index in [1.165, 1.54) is 0 Å². The number of alkyl halides is 4. The molecule has 0 unspecified atom stereocenters. The van der Waals surface area contributed by atoms with Gasteiger partial charge in [0.25, 0.3) is 0 Å². The first-order chi connectivity index (χ1) is 6.96. The minimum Gasteiger partial charge on any atom is -0.119 e. The van der Waals surface area contributed by atoms with E-state index < -0.39 is 4.87 Å². The van der Waals surface area contributed by atoms with Crippen LogP contribution in [0.4, 0.5) is 0 Å². The molecule has 0 nitrogen and oxygen atoms in total. The Morgan fingerprint density at radius 2 is 1.60 bits per heavy atom. The van der Waals surface area contributed by atoms with Crippen molar-refractivity contribution >= 4 is 46.4 Å². The molecule has 0 bridgehead atoms. The van der Waals surface area contributed by atoms with Crippen molar-refractivity contribution in [2.75, 3.05) is 0 Å². The Labute approximate surface area is 109 Å². The van der Waals surface area contributed by atoms with E-state index in [0.29, 0.717) is 0 Å². The summed E-state index contributed by atoms with van der Waals surface area (Å²) in [6, 6.07) is 7.76. The van der Waals surface area contributed by atoms with E-state index in [2.05, 4.69) is 0 Å². The van der Waals surface area contributed by atoms with E-state index in [0.717, 1.165) is 11.1 Å². The molecule has 0 radical (unpaired) electrons. The van der Waals surface area contributed by atoms with E-state index in [9.17, 15) is 0 Å². The summed E-state index contributed by atoms with van der Waals surface area (Å²) in [6.45, 7) is 1.83. The van der Waals surface area contributed by atoms with Gasteiger partial charge in [-0.05, 0) is 18.1 Å². The van der Waals surface area contributed by atoms with Gasteiger partial charge < -0.3 is 0 Å². The van der Waals surface area contributed by atoms with Gasteiger partial charge in [-0.25, -0.2) is 0 Å². The standard InChI is InChI=1S/C11H10Cl4/c1-11(15)9(13)7-5-3-2-4-6(7)8(12)10(11)14/h2-5,8-10H,1H3/t8-,9+,10+,11+/m0/s1. The van der Waals surface area contributed by atoms with Gasteiger partial charge in [-0.3, -0.25) is 0 Å². The van der Waals surface area contributed by atoms with Crippen LogP contribution in [0.2, 0.25) is 0 Å². The lowest BCUT2D eigenvalue weighted by Crippen LogP contribution is -2.41.